The first-order valence-electron chi connectivity index (χ1n) is 9.93. The molecule has 0 spiro atoms. The monoisotopic (exact) mass is 418 g/mol. The molecule has 1 aromatic carbocycles. The Morgan fingerprint density at radius 2 is 2.07 bits per heavy atom. The molecule has 3 atom stereocenters. The predicted octanol–water partition coefficient (Wildman–Crippen LogP) is 1.37. The van der Waals surface area contributed by atoms with Crippen molar-refractivity contribution in [1.29, 1.82) is 0 Å². The number of benzene rings is 1. The van der Waals surface area contributed by atoms with Crippen molar-refractivity contribution < 1.29 is 24.0 Å². The summed E-state index contributed by atoms with van der Waals surface area (Å²) in [6, 6.07) is 8.90. The molecule has 1 aromatic heterocycles. The third-order valence-corrected chi connectivity index (χ3v) is 5.37. The van der Waals surface area contributed by atoms with Gasteiger partial charge in [0, 0.05) is 31.5 Å². The highest BCUT2D eigenvalue weighted by Gasteiger charge is 2.41. The number of aromatic nitrogens is 2. The summed E-state index contributed by atoms with van der Waals surface area (Å²) in [7, 11) is 0. The first-order valence-corrected chi connectivity index (χ1v) is 9.93. The first-order chi connectivity index (χ1) is 14.4. The maximum atomic E-state index is 12.4. The van der Waals surface area contributed by atoms with Crippen LogP contribution in [0.5, 0.6) is 0 Å². The van der Waals surface area contributed by atoms with E-state index >= 15 is 0 Å². The van der Waals surface area contributed by atoms with Crippen LogP contribution >= 0.6 is 0 Å². The lowest BCUT2D eigenvalue weighted by Gasteiger charge is -2.22. The molecule has 30 heavy (non-hydrogen) atoms. The Morgan fingerprint density at radius 3 is 2.73 bits per heavy atom. The van der Waals surface area contributed by atoms with Gasteiger partial charge in [-0.3, -0.25) is 14.3 Å². The van der Waals surface area contributed by atoms with Crippen molar-refractivity contribution in [2.75, 3.05) is 13.1 Å². The van der Waals surface area contributed by atoms with Crippen LogP contribution in [0.15, 0.2) is 39.6 Å². The quantitative estimate of drug-likeness (QED) is 0.516. The van der Waals surface area contributed by atoms with Gasteiger partial charge in [0.1, 0.15) is 6.61 Å². The number of carboxylic acid groups (broad SMARTS) is 1. The summed E-state index contributed by atoms with van der Waals surface area (Å²) in [5, 5.41) is 13.3. The number of aromatic amines is 1. The fourth-order valence-electron chi connectivity index (χ4n) is 3.79. The summed E-state index contributed by atoms with van der Waals surface area (Å²) < 4.78 is 9.78. The maximum Gasteiger partial charge on any atom is 0.438 e. The van der Waals surface area contributed by atoms with Crippen molar-refractivity contribution in [3.8, 4) is 0 Å². The highest BCUT2D eigenvalue weighted by Crippen LogP contribution is 2.28. The number of amides is 1. The lowest BCUT2D eigenvalue weighted by Crippen LogP contribution is -2.37. The van der Waals surface area contributed by atoms with E-state index in [1.807, 2.05) is 30.3 Å². The number of aliphatic carboxylic acids is 1. The lowest BCUT2D eigenvalue weighted by molar-refractivity contribution is -0.144. The van der Waals surface area contributed by atoms with Crippen LogP contribution in [0, 0.1) is 11.8 Å². The average molecular weight is 418 g/mol. The SMILES string of the molecule is NC1CN(C(=O)OCc2ccccc2)CC1C(CCCCc1noc(=O)[nH]1)C(=O)O. The minimum absolute atomic E-state index is 0.155. The van der Waals surface area contributed by atoms with E-state index in [1.54, 1.807) is 0 Å². The molecule has 3 unspecified atom stereocenters. The normalized spacial score (nSPS) is 19.6. The molecule has 0 bridgehead atoms. The number of carbonyl (C=O) groups is 2. The van der Waals surface area contributed by atoms with Crippen molar-refractivity contribution in [2.45, 2.75) is 38.3 Å². The minimum Gasteiger partial charge on any atom is -0.481 e. The van der Waals surface area contributed by atoms with Crippen LogP contribution in [0.25, 0.3) is 0 Å². The fraction of sp³-hybridized carbons (Fsp3) is 0.500. The largest absolute Gasteiger partial charge is 0.481 e. The number of ether oxygens (including phenoxy) is 1. The maximum absolute atomic E-state index is 12.4. The van der Waals surface area contributed by atoms with E-state index in [-0.39, 0.29) is 25.6 Å². The van der Waals surface area contributed by atoms with Crippen molar-refractivity contribution >= 4 is 12.1 Å². The van der Waals surface area contributed by atoms with Gasteiger partial charge in [-0.2, -0.15) is 0 Å². The Bertz CT molecular complexity index is 896. The second kappa shape index (κ2) is 10.1. The molecule has 3 rings (SSSR count). The van der Waals surface area contributed by atoms with Crippen LogP contribution < -0.4 is 11.5 Å². The number of carboxylic acids is 1. The molecule has 1 aliphatic rings. The molecule has 1 aliphatic heterocycles. The van der Waals surface area contributed by atoms with Gasteiger partial charge >= 0.3 is 17.8 Å². The number of hydrogen-bond acceptors (Lipinski definition) is 7. The molecule has 1 saturated heterocycles. The summed E-state index contributed by atoms with van der Waals surface area (Å²) in [5.74, 6) is -2.10. The number of hydrogen-bond donors (Lipinski definition) is 3. The molecule has 10 heteroatoms. The van der Waals surface area contributed by atoms with E-state index in [2.05, 4.69) is 14.7 Å². The lowest BCUT2D eigenvalue weighted by atomic mass is 9.85. The topological polar surface area (TPSA) is 152 Å². The smallest absolute Gasteiger partial charge is 0.438 e. The first kappa shape index (κ1) is 21.6. The molecule has 0 radical (unpaired) electrons. The summed E-state index contributed by atoms with van der Waals surface area (Å²) >= 11 is 0. The molecule has 0 aliphatic carbocycles. The van der Waals surface area contributed by atoms with E-state index in [4.69, 9.17) is 10.5 Å². The van der Waals surface area contributed by atoms with Gasteiger partial charge in [-0.1, -0.05) is 41.9 Å². The van der Waals surface area contributed by atoms with Crippen LogP contribution in [-0.4, -0.2) is 51.3 Å². The van der Waals surface area contributed by atoms with E-state index in [1.165, 1.54) is 4.90 Å². The Kier molecular flexibility index (Phi) is 7.23. The summed E-state index contributed by atoms with van der Waals surface area (Å²) in [6.45, 7) is 0.674. The molecular formula is C20H26N4O6. The van der Waals surface area contributed by atoms with Gasteiger partial charge in [-0.15, -0.1) is 0 Å². The zero-order valence-electron chi connectivity index (χ0n) is 16.5. The average Bonchev–Trinajstić information content (AvgIpc) is 3.32. The molecule has 10 nitrogen and oxygen atoms in total. The van der Waals surface area contributed by atoms with Gasteiger partial charge in [-0.05, 0) is 18.4 Å². The molecule has 2 heterocycles. The molecule has 2 aromatic rings. The summed E-state index contributed by atoms with van der Waals surface area (Å²) in [4.78, 5) is 39.1. The number of nitrogens with zero attached hydrogens (tertiary/aromatic N) is 2. The van der Waals surface area contributed by atoms with E-state index in [0.29, 0.717) is 31.5 Å². The van der Waals surface area contributed by atoms with Crippen molar-refractivity contribution in [3.05, 3.63) is 52.3 Å². The Balaban J connectivity index is 1.48. The molecule has 1 amide bonds. The third-order valence-electron chi connectivity index (χ3n) is 5.37. The van der Waals surface area contributed by atoms with Crippen molar-refractivity contribution in [3.63, 3.8) is 0 Å². The van der Waals surface area contributed by atoms with Crippen molar-refractivity contribution in [1.82, 2.24) is 15.0 Å². The number of unbranched alkanes of at least 4 members (excludes halogenated alkanes) is 1. The van der Waals surface area contributed by atoms with Gasteiger partial charge in [0.25, 0.3) is 0 Å². The number of H-pyrrole nitrogens is 1. The van der Waals surface area contributed by atoms with Crippen LogP contribution in [0.4, 0.5) is 4.79 Å². The third kappa shape index (κ3) is 5.69. The molecule has 1 fully saturated rings. The van der Waals surface area contributed by atoms with Gasteiger partial charge < -0.3 is 20.5 Å². The summed E-state index contributed by atoms with van der Waals surface area (Å²) in [5.41, 5.74) is 7.05. The van der Waals surface area contributed by atoms with Gasteiger partial charge in [0.15, 0.2) is 5.82 Å². The molecule has 0 saturated carbocycles. The second-order valence-corrected chi connectivity index (χ2v) is 7.51. The van der Waals surface area contributed by atoms with Crippen LogP contribution in [0.3, 0.4) is 0 Å². The Morgan fingerprint density at radius 1 is 1.30 bits per heavy atom. The Labute approximate surface area is 173 Å². The van der Waals surface area contributed by atoms with Crippen LogP contribution in [0.2, 0.25) is 0 Å². The standard InChI is InChI=1S/C20H26N4O6/c21-16-11-24(20(28)29-12-13-6-2-1-3-7-13)10-15(16)14(18(25)26)8-4-5-9-17-22-19(27)30-23-17/h1-3,6-7,14-16H,4-5,8-12,21H2,(H,25,26)(H,22,23,27). The number of carbonyl (C=O) groups excluding carboxylic acids is 1. The van der Waals surface area contributed by atoms with E-state index in [0.717, 1.165) is 5.56 Å². The molecular weight excluding hydrogens is 392 g/mol. The molecule has 4 N–H and O–H groups in total. The second-order valence-electron chi connectivity index (χ2n) is 7.51. The fourth-order valence-corrected chi connectivity index (χ4v) is 3.79. The zero-order chi connectivity index (χ0) is 21.5. The van der Waals surface area contributed by atoms with E-state index < -0.39 is 29.8 Å². The number of aryl methyl sites for hydroxylation is 1. The number of rotatable bonds is 9. The van der Waals surface area contributed by atoms with Gasteiger partial charge in [-0.25, -0.2) is 9.59 Å². The predicted molar refractivity (Wildman–Crippen MR) is 105 cm³/mol. The zero-order valence-corrected chi connectivity index (χ0v) is 16.5. The summed E-state index contributed by atoms with van der Waals surface area (Å²) in [6.07, 6.45) is 1.69. The number of nitrogens with one attached hydrogen (secondary N) is 1. The van der Waals surface area contributed by atoms with Gasteiger partial charge in [0.2, 0.25) is 0 Å². The molecule has 162 valence electrons. The van der Waals surface area contributed by atoms with Crippen LogP contribution in [-0.2, 0) is 22.6 Å². The van der Waals surface area contributed by atoms with Gasteiger partial charge in [0.05, 0.1) is 5.92 Å². The Hall–Kier alpha value is -3.14. The van der Waals surface area contributed by atoms with Crippen LogP contribution in [0.1, 0.15) is 30.7 Å². The van der Waals surface area contributed by atoms with E-state index in [9.17, 15) is 19.5 Å². The highest BCUT2D eigenvalue weighted by molar-refractivity contribution is 5.72. The minimum atomic E-state index is -0.926. The highest BCUT2D eigenvalue weighted by atomic mass is 16.6. The number of nitrogens with two attached hydrogens (primary N) is 1. The number of likely N-dealkylation sites (tertiary alicyclic amines) is 1. The van der Waals surface area contributed by atoms with Crippen molar-refractivity contribution in [2.24, 2.45) is 17.6 Å².